The summed E-state index contributed by atoms with van der Waals surface area (Å²) in [5, 5.41) is 21.4. The van der Waals surface area contributed by atoms with Crippen LogP contribution in [0, 0.1) is 0 Å². The number of rotatable bonds is 5. The van der Waals surface area contributed by atoms with Crippen LogP contribution in [0.5, 0.6) is 17.2 Å². The molecule has 1 atom stereocenters. The maximum Gasteiger partial charge on any atom is 0.295 e. The molecule has 8 heteroatoms. The molecule has 1 amide bonds. The molecule has 0 bridgehead atoms. The summed E-state index contributed by atoms with van der Waals surface area (Å²) in [4.78, 5) is 28.0. The lowest BCUT2D eigenvalue weighted by Crippen LogP contribution is -2.37. The van der Waals surface area contributed by atoms with Gasteiger partial charge in [0.1, 0.15) is 28.6 Å². The van der Waals surface area contributed by atoms with Crippen LogP contribution >= 0.6 is 11.6 Å². The second-order valence-electron chi connectivity index (χ2n) is 7.89. The van der Waals surface area contributed by atoms with Crippen LogP contribution in [0.3, 0.4) is 0 Å². The maximum atomic E-state index is 13.2. The molecule has 0 spiro atoms. The monoisotopic (exact) mass is 457 g/mol. The van der Waals surface area contributed by atoms with Crippen LogP contribution in [-0.2, 0) is 9.59 Å². The molecule has 1 aliphatic carbocycles. The minimum Gasteiger partial charge on any atom is -0.506 e. The molecule has 32 heavy (non-hydrogen) atoms. The van der Waals surface area contributed by atoms with Gasteiger partial charge < -0.3 is 24.6 Å². The minimum atomic E-state index is -0.856. The summed E-state index contributed by atoms with van der Waals surface area (Å²) >= 11 is 6.16. The number of ketones is 1. The zero-order valence-electron chi connectivity index (χ0n) is 17.8. The van der Waals surface area contributed by atoms with Gasteiger partial charge in [-0.15, -0.1) is 0 Å². The second kappa shape index (κ2) is 8.74. The first-order valence-corrected chi connectivity index (χ1v) is 10.8. The van der Waals surface area contributed by atoms with E-state index < -0.39 is 17.7 Å². The summed E-state index contributed by atoms with van der Waals surface area (Å²) in [5.41, 5.74) is 0.651. The zero-order valence-corrected chi connectivity index (χ0v) is 18.6. The van der Waals surface area contributed by atoms with E-state index in [0.29, 0.717) is 17.1 Å². The van der Waals surface area contributed by atoms with E-state index in [2.05, 4.69) is 0 Å². The number of ether oxygens (including phenoxy) is 2. The van der Waals surface area contributed by atoms with E-state index in [1.54, 1.807) is 29.2 Å². The van der Waals surface area contributed by atoms with E-state index in [4.69, 9.17) is 21.1 Å². The van der Waals surface area contributed by atoms with Gasteiger partial charge in [-0.1, -0.05) is 36.6 Å². The molecule has 7 nitrogen and oxygen atoms in total. The number of nitrogens with zero attached hydrogens (tertiary/aromatic N) is 1. The molecule has 1 unspecified atom stereocenters. The third-order valence-electron chi connectivity index (χ3n) is 6.15. The van der Waals surface area contributed by atoms with Crippen molar-refractivity contribution >= 4 is 29.1 Å². The summed E-state index contributed by atoms with van der Waals surface area (Å²) in [6, 6.07) is 8.52. The predicted molar refractivity (Wildman–Crippen MR) is 119 cm³/mol. The van der Waals surface area contributed by atoms with Crippen LogP contribution in [0.1, 0.15) is 42.9 Å². The maximum absolute atomic E-state index is 13.2. The topological polar surface area (TPSA) is 96.3 Å². The Bertz CT molecular complexity index is 1080. The summed E-state index contributed by atoms with van der Waals surface area (Å²) in [6.07, 6.45) is 3.45. The molecule has 0 aromatic heterocycles. The molecule has 4 rings (SSSR count). The number of amides is 1. The van der Waals surface area contributed by atoms with Crippen molar-refractivity contribution in [2.24, 2.45) is 0 Å². The fourth-order valence-corrected chi connectivity index (χ4v) is 4.84. The fraction of sp³-hybridized carbons (Fsp3) is 0.333. The third-order valence-corrected chi connectivity index (χ3v) is 6.45. The number of aromatic hydroxyl groups is 1. The van der Waals surface area contributed by atoms with Crippen molar-refractivity contribution in [1.82, 2.24) is 4.90 Å². The predicted octanol–water partition coefficient (Wildman–Crippen LogP) is 4.43. The van der Waals surface area contributed by atoms with Gasteiger partial charge in [-0.3, -0.25) is 9.59 Å². The highest BCUT2D eigenvalue weighted by atomic mass is 35.5. The molecule has 1 saturated carbocycles. The van der Waals surface area contributed by atoms with Gasteiger partial charge in [0.2, 0.25) is 0 Å². The van der Waals surface area contributed by atoms with Crippen LogP contribution < -0.4 is 9.47 Å². The number of Topliss-reactive ketones (excluding diaryl/α,β-unsaturated/α-hetero) is 1. The number of carbonyl (C=O) groups excluding carboxylic acids is 2. The molecule has 1 heterocycles. The average molecular weight is 458 g/mol. The Morgan fingerprint density at radius 2 is 1.69 bits per heavy atom. The standard InChI is InChI=1S/C24H24ClNO6/c1-31-17-8-5-9-18(32-2)19(17)22(28)20-21(13-10-11-16(27)15(25)12-13)26(24(30)23(20)29)14-6-3-4-7-14/h5,8-12,14,21,27-28H,3-4,6-7H2,1-2H3/b22-20+. The van der Waals surface area contributed by atoms with E-state index in [1.165, 1.54) is 26.4 Å². The smallest absolute Gasteiger partial charge is 0.295 e. The summed E-state index contributed by atoms with van der Waals surface area (Å²) in [7, 11) is 2.89. The molecule has 2 aromatic rings. The highest BCUT2D eigenvalue weighted by Gasteiger charge is 2.49. The third kappa shape index (κ3) is 3.56. The lowest BCUT2D eigenvalue weighted by atomic mass is 9.94. The first-order valence-electron chi connectivity index (χ1n) is 10.4. The normalized spacial score (nSPS) is 20.7. The summed E-state index contributed by atoms with van der Waals surface area (Å²) in [5.74, 6) is -1.34. The van der Waals surface area contributed by atoms with Gasteiger partial charge in [0, 0.05) is 6.04 Å². The quantitative estimate of drug-likeness (QED) is 0.392. The summed E-state index contributed by atoms with van der Waals surface area (Å²) in [6.45, 7) is 0. The molecular weight excluding hydrogens is 434 g/mol. The zero-order chi connectivity index (χ0) is 23.0. The van der Waals surface area contributed by atoms with Crippen LogP contribution in [0.25, 0.3) is 5.76 Å². The van der Waals surface area contributed by atoms with E-state index in [1.807, 2.05) is 0 Å². The van der Waals surface area contributed by atoms with Crippen molar-refractivity contribution in [3.8, 4) is 17.2 Å². The number of aliphatic hydroxyl groups is 1. The largest absolute Gasteiger partial charge is 0.506 e. The van der Waals surface area contributed by atoms with Gasteiger partial charge in [0.05, 0.1) is 30.9 Å². The Morgan fingerprint density at radius 1 is 1.06 bits per heavy atom. The van der Waals surface area contributed by atoms with Crippen LogP contribution in [0.15, 0.2) is 42.0 Å². The SMILES string of the molecule is COc1cccc(OC)c1/C(O)=C1\C(=O)C(=O)N(C2CCCC2)C1c1ccc(O)c(Cl)c1. The Balaban J connectivity index is 1.97. The molecule has 2 aromatic carbocycles. The molecule has 168 valence electrons. The molecular formula is C24H24ClNO6. The van der Waals surface area contributed by atoms with E-state index in [9.17, 15) is 19.8 Å². The first kappa shape index (κ1) is 22.0. The Hall–Kier alpha value is -3.19. The van der Waals surface area contributed by atoms with Crippen molar-refractivity contribution in [2.75, 3.05) is 14.2 Å². The molecule has 2 N–H and O–H groups in total. The van der Waals surface area contributed by atoms with Crippen LogP contribution in [-0.4, -0.2) is 47.1 Å². The van der Waals surface area contributed by atoms with Crippen molar-refractivity contribution < 1.29 is 29.3 Å². The van der Waals surface area contributed by atoms with E-state index >= 15 is 0 Å². The molecule has 1 aliphatic heterocycles. The number of benzene rings is 2. The second-order valence-corrected chi connectivity index (χ2v) is 8.30. The number of carbonyl (C=O) groups is 2. The molecule has 2 fully saturated rings. The Kier molecular flexibility index (Phi) is 6.02. The fourth-order valence-electron chi connectivity index (χ4n) is 4.65. The average Bonchev–Trinajstić information content (AvgIpc) is 3.41. The number of halogens is 1. The van der Waals surface area contributed by atoms with Crippen molar-refractivity contribution in [2.45, 2.75) is 37.8 Å². The lowest BCUT2D eigenvalue weighted by Gasteiger charge is -2.31. The number of hydrogen-bond acceptors (Lipinski definition) is 6. The highest BCUT2D eigenvalue weighted by Crippen LogP contribution is 2.46. The van der Waals surface area contributed by atoms with Crippen molar-refractivity contribution in [1.29, 1.82) is 0 Å². The minimum absolute atomic E-state index is 0.0635. The molecule has 0 radical (unpaired) electrons. The van der Waals surface area contributed by atoms with Crippen LogP contribution in [0.4, 0.5) is 0 Å². The van der Waals surface area contributed by atoms with Gasteiger partial charge in [0.15, 0.2) is 0 Å². The van der Waals surface area contributed by atoms with Gasteiger partial charge in [-0.25, -0.2) is 0 Å². The van der Waals surface area contributed by atoms with E-state index in [-0.39, 0.29) is 33.7 Å². The van der Waals surface area contributed by atoms with Gasteiger partial charge in [-0.05, 0) is 42.7 Å². The molecule has 2 aliphatic rings. The number of phenols is 1. The van der Waals surface area contributed by atoms with Gasteiger partial charge in [0.25, 0.3) is 11.7 Å². The summed E-state index contributed by atoms with van der Waals surface area (Å²) < 4.78 is 10.8. The van der Waals surface area contributed by atoms with Gasteiger partial charge >= 0.3 is 0 Å². The van der Waals surface area contributed by atoms with Gasteiger partial charge in [-0.2, -0.15) is 0 Å². The van der Waals surface area contributed by atoms with E-state index in [0.717, 1.165) is 25.7 Å². The number of aliphatic hydroxyl groups excluding tert-OH is 1. The number of phenolic OH excluding ortho intramolecular Hbond substituents is 1. The van der Waals surface area contributed by atoms with Crippen molar-refractivity contribution in [3.05, 3.63) is 58.1 Å². The number of methoxy groups -OCH3 is 2. The molecule has 1 saturated heterocycles. The first-order chi connectivity index (χ1) is 15.4. The Labute approximate surface area is 190 Å². The lowest BCUT2D eigenvalue weighted by molar-refractivity contribution is -0.141. The Morgan fingerprint density at radius 3 is 2.25 bits per heavy atom. The number of hydrogen-bond donors (Lipinski definition) is 2. The van der Waals surface area contributed by atoms with Crippen molar-refractivity contribution in [3.63, 3.8) is 0 Å². The highest BCUT2D eigenvalue weighted by molar-refractivity contribution is 6.46. The number of likely N-dealkylation sites (tertiary alicyclic amines) is 1. The van der Waals surface area contributed by atoms with Crippen LogP contribution in [0.2, 0.25) is 5.02 Å².